The summed E-state index contributed by atoms with van der Waals surface area (Å²) >= 11 is 0. The van der Waals surface area contributed by atoms with Crippen molar-refractivity contribution in [3.63, 3.8) is 0 Å². The van der Waals surface area contributed by atoms with Crippen LogP contribution in [-0.4, -0.2) is 63.9 Å². The van der Waals surface area contributed by atoms with Gasteiger partial charge in [-0.1, -0.05) is 5.21 Å². The molecule has 1 aliphatic heterocycles. The number of nitrogens with two attached hydrogens (primary N) is 1. The first-order chi connectivity index (χ1) is 12.2. The first-order valence-electron chi connectivity index (χ1n) is 7.96. The van der Waals surface area contributed by atoms with E-state index in [1.165, 1.54) is 25.5 Å². The van der Waals surface area contributed by atoms with Gasteiger partial charge in [-0.2, -0.15) is 0 Å². The van der Waals surface area contributed by atoms with Crippen molar-refractivity contribution in [2.75, 3.05) is 6.61 Å². The minimum absolute atomic E-state index is 0.220. The van der Waals surface area contributed by atoms with Crippen molar-refractivity contribution in [1.82, 2.24) is 15.0 Å². The number of nitrogens with zero attached hydrogens (tertiary/aromatic N) is 3. The number of carbonyl (C=O) groups excluding carboxylic acids is 3. The summed E-state index contributed by atoms with van der Waals surface area (Å²) in [4.78, 5) is 34.2. The summed E-state index contributed by atoms with van der Waals surface area (Å²) in [7, 11) is 0. The lowest BCUT2D eigenvalue weighted by Gasteiger charge is -2.43. The van der Waals surface area contributed by atoms with Gasteiger partial charge in [-0.3, -0.25) is 14.4 Å². The van der Waals surface area contributed by atoms with E-state index in [-0.39, 0.29) is 6.61 Å². The van der Waals surface area contributed by atoms with Crippen LogP contribution in [0.25, 0.3) is 0 Å². The maximum atomic E-state index is 11.5. The smallest absolute Gasteiger partial charge is 0.303 e. The van der Waals surface area contributed by atoms with E-state index in [1.54, 1.807) is 13.1 Å². The molecule has 5 atom stereocenters. The number of ether oxygens (including phenoxy) is 4. The van der Waals surface area contributed by atoms with Gasteiger partial charge < -0.3 is 24.7 Å². The standard InChI is InChI=1S/C15H22N4O7/c1-7-5-19(18-17-7)15-12(16)14(25-10(4)22)13(24-9(3)21)11(26-15)6-23-8(2)20/h5,11-15H,6,16H2,1-4H3. The summed E-state index contributed by atoms with van der Waals surface area (Å²) in [6.45, 7) is 5.16. The number of aromatic nitrogens is 3. The normalized spacial score (nSPS) is 28.3. The molecule has 1 fully saturated rings. The van der Waals surface area contributed by atoms with Crippen molar-refractivity contribution >= 4 is 17.9 Å². The Morgan fingerprint density at radius 3 is 2.27 bits per heavy atom. The van der Waals surface area contributed by atoms with Crippen LogP contribution < -0.4 is 5.73 Å². The van der Waals surface area contributed by atoms with Gasteiger partial charge in [-0.15, -0.1) is 5.10 Å². The summed E-state index contributed by atoms with van der Waals surface area (Å²) in [5, 5.41) is 7.80. The van der Waals surface area contributed by atoms with E-state index in [4.69, 9.17) is 24.7 Å². The molecule has 11 nitrogen and oxygen atoms in total. The average Bonchev–Trinajstić information content (AvgIpc) is 2.95. The van der Waals surface area contributed by atoms with Crippen molar-refractivity contribution in [3.8, 4) is 0 Å². The number of carbonyl (C=O) groups is 3. The third kappa shape index (κ3) is 4.76. The van der Waals surface area contributed by atoms with E-state index in [0.29, 0.717) is 5.69 Å². The van der Waals surface area contributed by atoms with Crippen LogP contribution in [-0.2, 0) is 33.3 Å². The van der Waals surface area contributed by atoms with Crippen LogP contribution in [0, 0.1) is 6.92 Å². The molecule has 2 N–H and O–H groups in total. The van der Waals surface area contributed by atoms with Crippen LogP contribution in [0.5, 0.6) is 0 Å². The maximum absolute atomic E-state index is 11.5. The first-order valence-corrected chi connectivity index (χ1v) is 7.96. The van der Waals surface area contributed by atoms with E-state index in [0.717, 1.165) is 0 Å². The van der Waals surface area contributed by atoms with Gasteiger partial charge >= 0.3 is 17.9 Å². The molecule has 1 aromatic rings. The van der Waals surface area contributed by atoms with E-state index in [2.05, 4.69) is 10.3 Å². The van der Waals surface area contributed by atoms with Crippen molar-refractivity contribution in [3.05, 3.63) is 11.9 Å². The minimum Gasteiger partial charge on any atom is -0.463 e. The van der Waals surface area contributed by atoms with Gasteiger partial charge in [0.15, 0.2) is 18.4 Å². The summed E-state index contributed by atoms with van der Waals surface area (Å²) in [6, 6.07) is -0.905. The molecule has 1 saturated heterocycles. The molecule has 0 aliphatic carbocycles. The lowest BCUT2D eigenvalue weighted by Crippen LogP contribution is -2.62. The Balaban J connectivity index is 2.35. The zero-order chi connectivity index (χ0) is 19.4. The highest BCUT2D eigenvalue weighted by Crippen LogP contribution is 2.31. The van der Waals surface area contributed by atoms with Gasteiger partial charge in [0.25, 0.3) is 0 Å². The van der Waals surface area contributed by atoms with Gasteiger partial charge in [-0.05, 0) is 6.92 Å². The van der Waals surface area contributed by atoms with Crippen LogP contribution in [0.3, 0.4) is 0 Å². The molecule has 11 heteroatoms. The number of esters is 3. The number of hydrogen-bond acceptors (Lipinski definition) is 10. The van der Waals surface area contributed by atoms with Gasteiger partial charge in [0.2, 0.25) is 0 Å². The molecule has 2 heterocycles. The molecule has 144 valence electrons. The molecule has 5 unspecified atom stereocenters. The summed E-state index contributed by atoms with van der Waals surface area (Å²) in [5.41, 5.74) is 6.84. The lowest BCUT2D eigenvalue weighted by molar-refractivity contribution is -0.235. The van der Waals surface area contributed by atoms with Gasteiger partial charge in [0, 0.05) is 20.8 Å². The molecule has 26 heavy (non-hydrogen) atoms. The highest BCUT2D eigenvalue weighted by atomic mass is 16.6. The van der Waals surface area contributed by atoms with Gasteiger partial charge in [-0.25, -0.2) is 4.68 Å². The van der Waals surface area contributed by atoms with Crippen LogP contribution in [0.1, 0.15) is 32.7 Å². The second-order valence-electron chi connectivity index (χ2n) is 5.93. The Labute approximate surface area is 149 Å². The zero-order valence-electron chi connectivity index (χ0n) is 14.9. The third-order valence-electron chi connectivity index (χ3n) is 3.65. The highest BCUT2D eigenvalue weighted by Gasteiger charge is 2.49. The van der Waals surface area contributed by atoms with Crippen LogP contribution >= 0.6 is 0 Å². The molecule has 0 bridgehead atoms. The Morgan fingerprint density at radius 1 is 1.15 bits per heavy atom. The molecule has 1 aromatic heterocycles. The second kappa shape index (κ2) is 8.23. The SMILES string of the molecule is CC(=O)OCC1OC(n2cc(C)nn2)C(N)C(OC(C)=O)C1OC(C)=O. The Morgan fingerprint density at radius 2 is 1.77 bits per heavy atom. The molecule has 0 aromatic carbocycles. The van der Waals surface area contributed by atoms with Crippen molar-refractivity contribution in [2.45, 2.75) is 58.3 Å². The monoisotopic (exact) mass is 370 g/mol. The number of hydrogen-bond donors (Lipinski definition) is 1. The second-order valence-corrected chi connectivity index (χ2v) is 5.93. The molecule has 2 rings (SSSR count). The van der Waals surface area contributed by atoms with E-state index < -0.39 is 48.5 Å². The van der Waals surface area contributed by atoms with Crippen LogP contribution in [0.2, 0.25) is 0 Å². The van der Waals surface area contributed by atoms with Gasteiger partial charge in [0.05, 0.1) is 17.9 Å². The first kappa shape index (κ1) is 19.8. The molecular formula is C15H22N4O7. The Kier molecular flexibility index (Phi) is 6.27. The van der Waals surface area contributed by atoms with Crippen molar-refractivity contribution < 1.29 is 33.3 Å². The largest absolute Gasteiger partial charge is 0.463 e. The predicted octanol–water partition coefficient (Wildman–Crippen LogP) is -0.762. The minimum atomic E-state index is -1.05. The highest BCUT2D eigenvalue weighted by molar-refractivity contribution is 5.67. The topological polar surface area (TPSA) is 145 Å². The van der Waals surface area contributed by atoms with Crippen LogP contribution in [0.15, 0.2) is 6.20 Å². The summed E-state index contributed by atoms with van der Waals surface area (Å²) in [6.07, 6.45) is -2.26. The summed E-state index contributed by atoms with van der Waals surface area (Å²) < 4.78 is 22.8. The molecule has 0 spiro atoms. The van der Waals surface area contributed by atoms with E-state index in [1.807, 2.05) is 0 Å². The van der Waals surface area contributed by atoms with E-state index in [9.17, 15) is 14.4 Å². The Bertz CT molecular complexity index is 677. The number of rotatable bonds is 5. The lowest BCUT2D eigenvalue weighted by atomic mass is 9.96. The number of aryl methyl sites for hydroxylation is 1. The Hall–Kier alpha value is -2.53. The quantitative estimate of drug-likeness (QED) is 0.518. The fourth-order valence-electron chi connectivity index (χ4n) is 2.67. The van der Waals surface area contributed by atoms with Crippen molar-refractivity contribution in [1.29, 1.82) is 0 Å². The average molecular weight is 370 g/mol. The zero-order valence-corrected chi connectivity index (χ0v) is 14.9. The molecule has 1 aliphatic rings. The van der Waals surface area contributed by atoms with Crippen molar-refractivity contribution in [2.24, 2.45) is 5.73 Å². The third-order valence-corrected chi connectivity index (χ3v) is 3.65. The van der Waals surface area contributed by atoms with Crippen LogP contribution in [0.4, 0.5) is 0 Å². The van der Waals surface area contributed by atoms with E-state index >= 15 is 0 Å². The fraction of sp³-hybridized carbons (Fsp3) is 0.667. The summed E-state index contributed by atoms with van der Waals surface area (Å²) in [5.74, 6) is -1.77. The van der Waals surface area contributed by atoms with Gasteiger partial charge in [0.1, 0.15) is 12.7 Å². The predicted molar refractivity (Wildman–Crippen MR) is 84.4 cm³/mol. The molecule has 0 radical (unpaired) electrons. The molecule has 0 amide bonds. The molecular weight excluding hydrogens is 348 g/mol. The fourth-order valence-corrected chi connectivity index (χ4v) is 2.67. The molecule has 0 saturated carbocycles. The maximum Gasteiger partial charge on any atom is 0.303 e.